The molecule has 17 heavy (non-hydrogen) atoms. The molecule has 1 fully saturated rings. The van der Waals surface area contributed by atoms with Gasteiger partial charge >= 0.3 is 6.03 Å². The zero-order valence-electron chi connectivity index (χ0n) is 10.7. The van der Waals surface area contributed by atoms with Gasteiger partial charge in [-0.05, 0) is 25.2 Å². The molecule has 0 aromatic carbocycles. The van der Waals surface area contributed by atoms with Crippen LogP contribution in [0.1, 0.15) is 58.3 Å². The van der Waals surface area contributed by atoms with Crippen molar-refractivity contribution in [2.24, 2.45) is 17.6 Å². The Morgan fingerprint density at radius 3 is 2.47 bits per heavy atom. The van der Waals surface area contributed by atoms with Gasteiger partial charge in [-0.15, -0.1) is 0 Å². The molecule has 1 aliphatic carbocycles. The summed E-state index contributed by atoms with van der Waals surface area (Å²) in [6, 6.07) is -0.744. The van der Waals surface area contributed by atoms with E-state index >= 15 is 0 Å². The Balaban J connectivity index is 2.30. The van der Waals surface area contributed by atoms with E-state index in [2.05, 4.69) is 5.32 Å². The van der Waals surface area contributed by atoms with Crippen molar-refractivity contribution in [3.63, 3.8) is 0 Å². The summed E-state index contributed by atoms with van der Waals surface area (Å²) in [6.45, 7) is 1.98. The Morgan fingerprint density at radius 1 is 1.29 bits per heavy atom. The van der Waals surface area contributed by atoms with Crippen molar-refractivity contribution in [2.75, 3.05) is 0 Å². The summed E-state index contributed by atoms with van der Waals surface area (Å²) in [7, 11) is 0. The fourth-order valence-electron chi connectivity index (χ4n) is 2.66. The predicted molar refractivity (Wildman–Crippen MR) is 67.3 cm³/mol. The summed E-state index contributed by atoms with van der Waals surface area (Å²) in [5.41, 5.74) is 4.95. The van der Waals surface area contributed by atoms with Crippen LogP contribution in [-0.2, 0) is 4.79 Å². The van der Waals surface area contributed by atoms with Crippen LogP contribution in [0.15, 0.2) is 0 Å². The monoisotopic (exact) mass is 240 g/mol. The van der Waals surface area contributed by atoms with Gasteiger partial charge in [0.1, 0.15) is 0 Å². The molecule has 98 valence electrons. The quantitative estimate of drug-likeness (QED) is 0.775. The molecule has 4 nitrogen and oxygen atoms in total. The van der Waals surface area contributed by atoms with E-state index in [0.717, 1.165) is 25.2 Å². The first-order valence-corrected chi connectivity index (χ1v) is 6.73. The number of imide groups is 1. The van der Waals surface area contributed by atoms with Crippen LogP contribution in [0.2, 0.25) is 0 Å². The van der Waals surface area contributed by atoms with Gasteiger partial charge < -0.3 is 5.73 Å². The number of carbonyl (C=O) groups is 2. The number of urea groups is 1. The number of rotatable bonds is 5. The molecular formula is C13H24N2O2. The molecule has 1 aliphatic rings. The third-order valence-corrected chi connectivity index (χ3v) is 3.76. The van der Waals surface area contributed by atoms with Gasteiger partial charge in [0, 0.05) is 5.92 Å². The second-order valence-corrected chi connectivity index (χ2v) is 5.04. The lowest BCUT2D eigenvalue weighted by atomic mass is 9.83. The molecule has 4 heteroatoms. The third kappa shape index (κ3) is 5.20. The van der Waals surface area contributed by atoms with Crippen LogP contribution >= 0.6 is 0 Å². The first-order valence-electron chi connectivity index (χ1n) is 6.73. The van der Waals surface area contributed by atoms with E-state index in [-0.39, 0.29) is 11.8 Å². The number of primary amides is 1. The molecule has 0 aromatic heterocycles. The van der Waals surface area contributed by atoms with Crippen LogP contribution in [-0.4, -0.2) is 11.9 Å². The van der Waals surface area contributed by atoms with Crippen molar-refractivity contribution in [1.82, 2.24) is 5.32 Å². The molecule has 1 atom stereocenters. The Morgan fingerprint density at radius 2 is 1.94 bits per heavy atom. The SMILES string of the molecule is CCC(CCC1CCCCC1)C(=O)NC(N)=O. The minimum atomic E-state index is -0.744. The average molecular weight is 240 g/mol. The topological polar surface area (TPSA) is 72.2 Å². The first kappa shape index (κ1) is 14.0. The number of hydrogen-bond donors (Lipinski definition) is 2. The minimum Gasteiger partial charge on any atom is -0.351 e. The predicted octanol–water partition coefficient (Wildman–Crippen LogP) is 2.57. The Bertz CT molecular complexity index is 260. The molecule has 0 saturated heterocycles. The highest BCUT2D eigenvalue weighted by Gasteiger charge is 2.20. The van der Waals surface area contributed by atoms with Crippen LogP contribution < -0.4 is 11.1 Å². The van der Waals surface area contributed by atoms with Crippen LogP contribution in [0.5, 0.6) is 0 Å². The largest absolute Gasteiger partial charge is 0.351 e. The maximum absolute atomic E-state index is 11.6. The molecule has 0 aliphatic heterocycles. The van der Waals surface area contributed by atoms with Gasteiger partial charge in [-0.25, -0.2) is 4.79 Å². The molecule has 0 aromatic rings. The fraction of sp³-hybridized carbons (Fsp3) is 0.846. The Labute approximate surface area is 103 Å². The van der Waals surface area contributed by atoms with Crippen LogP contribution in [0.4, 0.5) is 4.79 Å². The van der Waals surface area contributed by atoms with E-state index in [1.54, 1.807) is 0 Å². The molecular weight excluding hydrogens is 216 g/mol. The van der Waals surface area contributed by atoms with Gasteiger partial charge in [-0.1, -0.05) is 39.0 Å². The molecule has 3 N–H and O–H groups in total. The lowest BCUT2D eigenvalue weighted by molar-refractivity contribution is -0.124. The third-order valence-electron chi connectivity index (χ3n) is 3.76. The van der Waals surface area contributed by atoms with Crippen molar-refractivity contribution in [3.05, 3.63) is 0 Å². The molecule has 0 bridgehead atoms. The van der Waals surface area contributed by atoms with Gasteiger partial charge in [0.2, 0.25) is 5.91 Å². The maximum atomic E-state index is 11.6. The summed E-state index contributed by atoms with van der Waals surface area (Å²) in [4.78, 5) is 22.3. The fourth-order valence-corrected chi connectivity index (χ4v) is 2.66. The van der Waals surface area contributed by atoms with Gasteiger partial charge in [-0.2, -0.15) is 0 Å². The molecule has 0 heterocycles. The normalized spacial score (nSPS) is 18.6. The number of amides is 3. The van der Waals surface area contributed by atoms with E-state index in [9.17, 15) is 9.59 Å². The number of hydrogen-bond acceptors (Lipinski definition) is 2. The van der Waals surface area contributed by atoms with Crippen LogP contribution in [0.25, 0.3) is 0 Å². The Hall–Kier alpha value is -1.06. The summed E-state index contributed by atoms with van der Waals surface area (Å²) >= 11 is 0. The maximum Gasteiger partial charge on any atom is 0.318 e. The summed E-state index contributed by atoms with van der Waals surface area (Å²) in [5.74, 6) is 0.499. The zero-order chi connectivity index (χ0) is 12.7. The number of nitrogens with one attached hydrogen (secondary N) is 1. The smallest absolute Gasteiger partial charge is 0.318 e. The minimum absolute atomic E-state index is 0.0653. The number of nitrogens with two attached hydrogens (primary N) is 1. The highest BCUT2D eigenvalue weighted by atomic mass is 16.2. The zero-order valence-corrected chi connectivity index (χ0v) is 10.7. The Kier molecular flexibility index (Phi) is 6.01. The van der Waals surface area contributed by atoms with Crippen LogP contribution in [0, 0.1) is 11.8 Å². The second-order valence-electron chi connectivity index (χ2n) is 5.04. The highest BCUT2D eigenvalue weighted by molar-refractivity contribution is 5.94. The van der Waals surface area contributed by atoms with Crippen molar-refractivity contribution in [2.45, 2.75) is 58.3 Å². The summed E-state index contributed by atoms with van der Waals surface area (Å²) in [6.07, 6.45) is 9.36. The van der Waals surface area contributed by atoms with E-state index in [4.69, 9.17) is 5.73 Å². The average Bonchev–Trinajstić information content (AvgIpc) is 2.30. The molecule has 1 saturated carbocycles. The van der Waals surface area contributed by atoms with E-state index in [1.165, 1.54) is 32.1 Å². The lowest BCUT2D eigenvalue weighted by Crippen LogP contribution is -2.39. The summed E-state index contributed by atoms with van der Waals surface area (Å²) in [5, 5.41) is 2.18. The van der Waals surface area contributed by atoms with E-state index in [1.807, 2.05) is 6.92 Å². The standard InChI is InChI=1S/C13H24N2O2/c1-2-11(12(16)15-13(14)17)9-8-10-6-4-3-5-7-10/h10-11H,2-9H2,1H3,(H3,14,15,16,17). The van der Waals surface area contributed by atoms with Gasteiger partial charge in [0.15, 0.2) is 0 Å². The van der Waals surface area contributed by atoms with Crippen molar-refractivity contribution < 1.29 is 9.59 Å². The molecule has 1 unspecified atom stereocenters. The van der Waals surface area contributed by atoms with Gasteiger partial charge in [0.05, 0.1) is 0 Å². The molecule has 0 radical (unpaired) electrons. The van der Waals surface area contributed by atoms with Crippen LogP contribution in [0.3, 0.4) is 0 Å². The molecule has 3 amide bonds. The van der Waals surface area contributed by atoms with Crippen molar-refractivity contribution >= 4 is 11.9 Å². The number of carbonyl (C=O) groups excluding carboxylic acids is 2. The van der Waals surface area contributed by atoms with E-state index in [0.29, 0.717) is 0 Å². The van der Waals surface area contributed by atoms with Crippen molar-refractivity contribution in [1.29, 1.82) is 0 Å². The second kappa shape index (κ2) is 7.30. The van der Waals surface area contributed by atoms with Gasteiger partial charge in [0.25, 0.3) is 0 Å². The highest BCUT2D eigenvalue weighted by Crippen LogP contribution is 2.29. The first-order chi connectivity index (χ1) is 8.13. The van der Waals surface area contributed by atoms with Gasteiger partial charge in [-0.3, -0.25) is 10.1 Å². The van der Waals surface area contributed by atoms with Crippen molar-refractivity contribution in [3.8, 4) is 0 Å². The summed E-state index contributed by atoms with van der Waals surface area (Å²) < 4.78 is 0. The molecule has 1 rings (SSSR count). The lowest BCUT2D eigenvalue weighted by Gasteiger charge is -2.23. The molecule has 0 spiro atoms. The van der Waals surface area contributed by atoms with E-state index < -0.39 is 6.03 Å².